The van der Waals surface area contributed by atoms with E-state index in [1.165, 1.54) is 12.1 Å². The molecule has 33 heavy (non-hydrogen) atoms. The first-order chi connectivity index (χ1) is 16.0. The second-order valence-electron chi connectivity index (χ2n) is 7.29. The maximum atomic E-state index is 13.7. The van der Waals surface area contributed by atoms with Gasteiger partial charge in [0.25, 0.3) is 5.91 Å². The topological polar surface area (TPSA) is 82.6 Å². The zero-order valence-electron chi connectivity index (χ0n) is 17.6. The summed E-state index contributed by atoms with van der Waals surface area (Å²) < 4.78 is 24.8. The van der Waals surface area contributed by atoms with Crippen molar-refractivity contribution in [3.63, 3.8) is 0 Å². The molecule has 0 spiro atoms. The third kappa shape index (κ3) is 5.51. The number of anilines is 1. The van der Waals surface area contributed by atoms with Gasteiger partial charge in [-0.3, -0.25) is 4.79 Å². The molecule has 1 aliphatic heterocycles. The van der Waals surface area contributed by atoms with Crippen molar-refractivity contribution < 1.29 is 18.3 Å². The third-order valence-corrected chi connectivity index (χ3v) is 5.38. The summed E-state index contributed by atoms with van der Waals surface area (Å²) in [5.74, 6) is -0.00629. The molecule has 0 radical (unpaired) electrons. The molecule has 1 saturated heterocycles. The van der Waals surface area contributed by atoms with E-state index in [9.17, 15) is 14.4 Å². The van der Waals surface area contributed by atoms with Crippen molar-refractivity contribution in [1.29, 1.82) is 5.26 Å². The number of amides is 1. The molecule has 0 N–H and O–H groups in total. The molecule has 3 aromatic rings. The summed E-state index contributed by atoms with van der Waals surface area (Å²) in [6.45, 7) is 1.53. The van der Waals surface area contributed by atoms with E-state index in [1.54, 1.807) is 35.2 Å². The van der Waals surface area contributed by atoms with Crippen LogP contribution in [0, 0.1) is 17.1 Å². The molecule has 1 amide bonds. The Balaban J connectivity index is 1.35. The highest BCUT2D eigenvalue weighted by Gasteiger charge is 2.26. The lowest BCUT2D eigenvalue weighted by Crippen LogP contribution is -2.50. The molecule has 1 fully saturated rings. The van der Waals surface area contributed by atoms with Crippen molar-refractivity contribution >= 4 is 35.5 Å². The van der Waals surface area contributed by atoms with Crippen LogP contribution in [0.25, 0.3) is 12.2 Å². The summed E-state index contributed by atoms with van der Waals surface area (Å²) in [5.41, 5.74) is 1.11. The lowest BCUT2D eigenvalue weighted by molar-refractivity contribution is -0.133. The minimum absolute atomic E-state index is 0.0454. The minimum Gasteiger partial charge on any atom is -0.481 e. The Morgan fingerprint density at radius 2 is 1.88 bits per heavy atom. The fourth-order valence-corrected chi connectivity index (χ4v) is 3.51. The van der Waals surface area contributed by atoms with E-state index in [-0.39, 0.29) is 24.0 Å². The monoisotopic (exact) mass is 466 g/mol. The van der Waals surface area contributed by atoms with E-state index < -0.39 is 5.82 Å². The summed E-state index contributed by atoms with van der Waals surface area (Å²) in [6.07, 6.45) is 3.51. The summed E-state index contributed by atoms with van der Waals surface area (Å²) in [4.78, 5) is 20.2. The van der Waals surface area contributed by atoms with Gasteiger partial charge in [-0.1, -0.05) is 35.9 Å². The van der Waals surface area contributed by atoms with E-state index in [2.05, 4.69) is 11.1 Å². The molecule has 1 aliphatic rings. The molecule has 0 saturated carbocycles. The number of hydrogen-bond donors (Lipinski definition) is 0. The molecule has 0 bridgehead atoms. The van der Waals surface area contributed by atoms with E-state index in [4.69, 9.17) is 20.8 Å². The number of halogens is 2. The highest BCUT2D eigenvalue weighted by atomic mass is 35.5. The van der Waals surface area contributed by atoms with Gasteiger partial charge in [-0.25, -0.2) is 4.39 Å². The fraction of sp³-hybridized carbons (Fsp3) is 0.208. The van der Waals surface area contributed by atoms with Crippen LogP contribution < -0.4 is 9.64 Å². The van der Waals surface area contributed by atoms with E-state index >= 15 is 0 Å². The molecule has 7 nitrogen and oxygen atoms in total. The van der Waals surface area contributed by atoms with Crippen LogP contribution in [0.4, 0.5) is 10.3 Å². The van der Waals surface area contributed by atoms with Crippen molar-refractivity contribution in [3.8, 4) is 11.8 Å². The molecule has 0 atom stereocenters. The van der Waals surface area contributed by atoms with Gasteiger partial charge in [-0.15, -0.1) is 0 Å². The van der Waals surface area contributed by atoms with Gasteiger partial charge in [0.2, 0.25) is 17.5 Å². The number of oxazole rings is 1. The molecule has 168 valence electrons. The van der Waals surface area contributed by atoms with Gasteiger partial charge in [0, 0.05) is 37.3 Å². The molecular formula is C24H20ClFN4O3. The number of para-hydroxylation sites is 1. The molecule has 9 heteroatoms. The molecule has 0 unspecified atom stereocenters. The van der Waals surface area contributed by atoms with Gasteiger partial charge in [0.15, 0.2) is 18.2 Å². The first kappa shape index (κ1) is 22.4. The second kappa shape index (κ2) is 10.2. The zero-order valence-corrected chi connectivity index (χ0v) is 18.3. The number of aromatic nitrogens is 1. The van der Waals surface area contributed by atoms with Crippen LogP contribution in [0.15, 0.2) is 52.9 Å². The quantitative estimate of drug-likeness (QED) is 0.540. The first-order valence-electron chi connectivity index (χ1n) is 10.3. The predicted molar refractivity (Wildman–Crippen MR) is 122 cm³/mol. The normalized spacial score (nSPS) is 13.8. The number of ether oxygens (including phenoxy) is 1. The molecule has 1 aromatic heterocycles. The van der Waals surface area contributed by atoms with Crippen LogP contribution in [0.1, 0.15) is 17.1 Å². The van der Waals surface area contributed by atoms with Crippen LogP contribution in [0.2, 0.25) is 5.02 Å². The Bertz CT molecular complexity index is 1200. The average Bonchev–Trinajstić information content (AvgIpc) is 3.26. The number of carbonyl (C=O) groups is 1. The Labute approximate surface area is 195 Å². The van der Waals surface area contributed by atoms with Crippen LogP contribution in [0.5, 0.6) is 5.75 Å². The van der Waals surface area contributed by atoms with Crippen LogP contribution >= 0.6 is 11.6 Å². The first-order valence-corrected chi connectivity index (χ1v) is 10.7. The van der Waals surface area contributed by atoms with Gasteiger partial charge in [0.1, 0.15) is 6.07 Å². The summed E-state index contributed by atoms with van der Waals surface area (Å²) in [5, 5.41) is 10.1. The number of piperazine rings is 1. The number of hydrogen-bond acceptors (Lipinski definition) is 6. The number of rotatable bonds is 6. The van der Waals surface area contributed by atoms with Gasteiger partial charge >= 0.3 is 0 Å². The standard InChI is InChI=1S/C24H20ClFN4O3/c25-18-8-5-17(6-9-18)7-10-22-28-20(15-27)24(33-22)30-13-11-29(12-14-30)23(31)16-32-21-4-2-1-3-19(21)26/h1-10H,11-14,16H2/b10-7+. The Morgan fingerprint density at radius 3 is 2.58 bits per heavy atom. The third-order valence-electron chi connectivity index (χ3n) is 5.13. The summed E-state index contributed by atoms with van der Waals surface area (Å²) in [7, 11) is 0. The summed E-state index contributed by atoms with van der Waals surface area (Å²) in [6, 6.07) is 15.3. The smallest absolute Gasteiger partial charge is 0.260 e. The average molecular weight is 467 g/mol. The van der Waals surface area contributed by atoms with Crippen molar-refractivity contribution in [1.82, 2.24) is 9.88 Å². The number of nitriles is 1. The fourth-order valence-electron chi connectivity index (χ4n) is 3.38. The van der Waals surface area contributed by atoms with Gasteiger partial charge < -0.3 is 19.0 Å². The largest absolute Gasteiger partial charge is 0.481 e. The highest BCUT2D eigenvalue weighted by molar-refractivity contribution is 6.30. The van der Waals surface area contributed by atoms with Crippen molar-refractivity contribution in [2.45, 2.75) is 0 Å². The van der Waals surface area contributed by atoms with Crippen LogP contribution in [-0.4, -0.2) is 48.6 Å². The number of carbonyl (C=O) groups excluding carboxylic acids is 1. The Kier molecular flexibility index (Phi) is 6.91. The van der Waals surface area contributed by atoms with Gasteiger partial charge in [-0.05, 0) is 35.9 Å². The van der Waals surface area contributed by atoms with Crippen LogP contribution in [0.3, 0.4) is 0 Å². The van der Waals surface area contributed by atoms with E-state index in [0.29, 0.717) is 43.0 Å². The van der Waals surface area contributed by atoms with Crippen molar-refractivity contribution in [2.24, 2.45) is 0 Å². The summed E-state index contributed by atoms with van der Waals surface area (Å²) >= 11 is 5.90. The lowest BCUT2D eigenvalue weighted by Gasteiger charge is -2.34. The van der Waals surface area contributed by atoms with E-state index in [0.717, 1.165) is 5.56 Å². The second-order valence-corrected chi connectivity index (χ2v) is 7.73. The molecule has 2 heterocycles. The maximum absolute atomic E-state index is 13.7. The minimum atomic E-state index is -0.509. The van der Waals surface area contributed by atoms with Gasteiger partial charge in [-0.2, -0.15) is 10.2 Å². The van der Waals surface area contributed by atoms with Crippen LogP contribution in [-0.2, 0) is 4.79 Å². The van der Waals surface area contributed by atoms with E-state index in [1.807, 2.05) is 23.1 Å². The Hall–Kier alpha value is -3.83. The molecular weight excluding hydrogens is 447 g/mol. The predicted octanol–water partition coefficient (Wildman–Crippen LogP) is 4.24. The molecule has 2 aromatic carbocycles. The van der Waals surface area contributed by atoms with Gasteiger partial charge in [0.05, 0.1) is 0 Å². The SMILES string of the molecule is N#Cc1nc(/C=C/c2ccc(Cl)cc2)oc1N1CCN(C(=O)COc2ccccc2F)CC1. The Morgan fingerprint density at radius 1 is 1.15 bits per heavy atom. The number of benzene rings is 2. The zero-order chi connectivity index (χ0) is 23.2. The van der Waals surface area contributed by atoms with Crippen molar-refractivity contribution in [3.05, 3.63) is 76.5 Å². The molecule has 4 rings (SSSR count). The maximum Gasteiger partial charge on any atom is 0.260 e. The molecule has 0 aliphatic carbocycles. The number of nitrogens with zero attached hydrogens (tertiary/aromatic N) is 4. The lowest BCUT2D eigenvalue weighted by atomic mass is 10.2. The van der Waals surface area contributed by atoms with Crippen molar-refractivity contribution in [2.75, 3.05) is 37.7 Å². The highest BCUT2D eigenvalue weighted by Crippen LogP contribution is 2.24.